The van der Waals surface area contributed by atoms with Gasteiger partial charge in [0.15, 0.2) is 0 Å². The number of hydrogen-bond acceptors (Lipinski definition) is 4. The van der Waals surface area contributed by atoms with Gasteiger partial charge < -0.3 is 15.4 Å². The number of carbonyl (C=O) groups is 2. The number of ether oxygens (including phenoxy) is 1. The van der Waals surface area contributed by atoms with Crippen LogP contribution >= 0.6 is 0 Å². The van der Waals surface area contributed by atoms with E-state index in [0.29, 0.717) is 23.0 Å². The normalized spacial score (nSPS) is 18.5. The molecule has 0 spiro atoms. The minimum absolute atomic E-state index is 0.0873. The van der Waals surface area contributed by atoms with Crippen LogP contribution < -0.4 is 10.6 Å². The van der Waals surface area contributed by atoms with Crippen LogP contribution in [0.3, 0.4) is 0 Å². The Bertz CT molecular complexity index is 1140. The van der Waals surface area contributed by atoms with Gasteiger partial charge >= 0.3 is 18.3 Å². The van der Waals surface area contributed by atoms with Crippen LogP contribution in [-0.2, 0) is 10.9 Å². The number of urea groups is 1. The molecule has 2 aromatic carbocycles. The monoisotopic (exact) mass is 446 g/mol. The van der Waals surface area contributed by atoms with Gasteiger partial charge in [-0.2, -0.15) is 23.0 Å². The Morgan fingerprint density at radius 3 is 2.56 bits per heavy atom. The molecule has 0 saturated heterocycles. The molecule has 1 aliphatic carbocycles. The minimum Gasteiger partial charge on any atom is -0.451 e. The maximum absolute atomic E-state index is 12.8. The number of nitrogens with one attached hydrogen (secondary N) is 2. The van der Waals surface area contributed by atoms with Crippen molar-refractivity contribution in [1.82, 2.24) is 15.1 Å². The molecule has 168 valence electrons. The summed E-state index contributed by atoms with van der Waals surface area (Å²) in [6, 6.07) is 9.79. The summed E-state index contributed by atoms with van der Waals surface area (Å²) < 4.78 is 44.1. The molecule has 32 heavy (non-hydrogen) atoms. The summed E-state index contributed by atoms with van der Waals surface area (Å²) in [5, 5.41) is 10.3. The Kier molecular flexibility index (Phi) is 5.77. The quantitative estimate of drug-likeness (QED) is 0.584. The van der Waals surface area contributed by atoms with Crippen molar-refractivity contribution >= 4 is 28.7 Å². The first-order chi connectivity index (χ1) is 15.3. The van der Waals surface area contributed by atoms with Gasteiger partial charge in [0.25, 0.3) is 0 Å². The van der Waals surface area contributed by atoms with Gasteiger partial charge in [-0.25, -0.2) is 9.59 Å². The fourth-order valence-corrected chi connectivity index (χ4v) is 4.10. The zero-order valence-corrected chi connectivity index (χ0v) is 17.1. The average molecular weight is 446 g/mol. The van der Waals surface area contributed by atoms with Gasteiger partial charge in [-0.15, -0.1) is 0 Å². The molecular weight excluding hydrogens is 425 g/mol. The van der Waals surface area contributed by atoms with Crippen molar-refractivity contribution in [2.75, 3.05) is 12.4 Å². The van der Waals surface area contributed by atoms with E-state index in [2.05, 4.69) is 20.5 Å². The van der Waals surface area contributed by atoms with Crippen molar-refractivity contribution in [3.8, 4) is 0 Å². The summed E-state index contributed by atoms with van der Waals surface area (Å²) in [7, 11) is 1.25. The number of amides is 2. The van der Waals surface area contributed by atoms with E-state index in [-0.39, 0.29) is 12.0 Å². The zero-order valence-electron chi connectivity index (χ0n) is 17.1. The van der Waals surface area contributed by atoms with E-state index in [0.717, 1.165) is 35.2 Å². The predicted molar refractivity (Wildman–Crippen MR) is 112 cm³/mol. The number of fused-ring (bicyclic) bond motifs is 1. The first-order valence-electron chi connectivity index (χ1n) is 10.1. The zero-order chi connectivity index (χ0) is 22.9. The lowest BCUT2D eigenvalue weighted by Gasteiger charge is -2.15. The van der Waals surface area contributed by atoms with Crippen molar-refractivity contribution < 1.29 is 27.5 Å². The first-order valence-corrected chi connectivity index (χ1v) is 10.1. The minimum atomic E-state index is -4.35. The number of nitrogens with zero attached hydrogens (tertiary/aromatic N) is 2. The SMILES string of the molecule is COC(=O)n1ncc2c(NC(=O)N[C@@H]3CC[C@@H](c4ccc(C(F)(F)F)cc4)C3)cccc21. The third kappa shape index (κ3) is 4.39. The number of alkyl halides is 3. The van der Waals surface area contributed by atoms with Crippen LogP contribution in [0.1, 0.15) is 36.3 Å². The average Bonchev–Trinajstić information content (AvgIpc) is 3.40. The molecule has 0 radical (unpaired) electrons. The lowest BCUT2D eigenvalue weighted by molar-refractivity contribution is -0.137. The van der Waals surface area contributed by atoms with E-state index in [1.54, 1.807) is 18.2 Å². The predicted octanol–water partition coefficient (Wildman–Crippen LogP) is 5.13. The standard InChI is InChI=1S/C22H21F3N4O3/c1-32-21(31)29-19-4-2-3-18(17(19)12-26-29)28-20(30)27-16-10-7-14(11-16)13-5-8-15(9-6-13)22(23,24)25/h2-6,8-9,12,14,16H,7,10-11H2,1H3,(H2,27,28,30)/t14-,16-/m1/s1. The highest BCUT2D eigenvalue weighted by Crippen LogP contribution is 2.36. The highest BCUT2D eigenvalue weighted by atomic mass is 19.4. The van der Waals surface area contributed by atoms with E-state index in [9.17, 15) is 22.8 Å². The molecule has 10 heteroatoms. The van der Waals surface area contributed by atoms with Crippen molar-refractivity contribution in [2.24, 2.45) is 0 Å². The second kappa shape index (κ2) is 8.52. The number of rotatable bonds is 3. The number of halogens is 3. The number of carbonyl (C=O) groups excluding carboxylic acids is 2. The molecule has 1 saturated carbocycles. The number of hydrogen-bond donors (Lipinski definition) is 2. The molecule has 2 atom stereocenters. The maximum Gasteiger partial charge on any atom is 0.434 e. The Morgan fingerprint density at radius 2 is 1.88 bits per heavy atom. The topological polar surface area (TPSA) is 85.2 Å². The molecule has 1 aliphatic rings. The Hall–Kier alpha value is -3.56. The van der Waals surface area contributed by atoms with E-state index in [4.69, 9.17) is 0 Å². The Labute approximate surface area is 181 Å². The van der Waals surface area contributed by atoms with Crippen LogP contribution in [0.2, 0.25) is 0 Å². The Balaban J connectivity index is 1.38. The summed E-state index contributed by atoms with van der Waals surface area (Å²) >= 11 is 0. The number of methoxy groups -OCH3 is 1. The highest BCUT2D eigenvalue weighted by Gasteiger charge is 2.31. The fourth-order valence-electron chi connectivity index (χ4n) is 4.10. The molecule has 1 fully saturated rings. The molecule has 2 amide bonds. The largest absolute Gasteiger partial charge is 0.451 e. The fraction of sp³-hybridized carbons (Fsp3) is 0.318. The number of aromatic nitrogens is 2. The molecule has 2 N–H and O–H groups in total. The van der Waals surface area contributed by atoms with Crippen LogP contribution in [0, 0.1) is 0 Å². The third-order valence-electron chi connectivity index (χ3n) is 5.69. The smallest absolute Gasteiger partial charge is 0.434 e. The molecule has 0 bridgehead atoms. The lowest BCUT2D eigenvalue weighted by atomic mass is 9.96. The van der Waals surface area contributed by atoms with Crippen molar-refractivity contribution in [1.29, 1.82) is 0 Å². The van der Waals surface area contributed by atoms with Gasteiger partial charge in [0.2, 0.25) is 0 Å². The van der Waals surface area contributed by atoms with Crippen molar-refractivity contribution in [3.05, 3.63) is 59.8 Å². The highest BCUT2D eigenvalue weighted by molar-refractivity contribution is 6.02. The molecule has 0 aliphatic heterocycles. The van der Waals surface area contributed by atoms with Gasteiger partial charge in [0.1, 0.15) is 0 Å². The van der Waals surface area contributed by atoms with Gasteiger partial charge in [-0.05, 0) is 55.0 Å². The molecule has 1 heterocycles. The number of anilines is 1. The summed E-state index contributed by atoms with van der Waals surface area (Å²) in [6.07, 6.45) is -1.38. The van der Waals surface area contributed by atoms with Crippen molar-refractivity contribution in [3.63, 3.8) is 0 Å². The van der Waals surface area contributed by atoms with Crippen LogP contribution in [0.4, 0.5) is 28.4 Å². The van der Waals surface area contributed by atoms with Crippen LogP contribution in [0.5, 0.6) is 0 Å². The Morgan fingerprint density at radius 1 is 1.12 bits per heavy atom. The number of benzene rings is 2. The second-order valence-corrected chi connectivity index (χ2v) is 7.69. The van der Waals surface area contributed by atoms with Gasteiger partial charge in [0, 0.05) is 11.4 Å². The maximum atomic E-state index is 12.8. The molecule has 3 aromatic rings. The van der Waals surface area contributed by atoms with Gasteiger partial charge in [-0.3, -0.25) is 0 Å². The lowest BCUT2D eigenvalue weighted by Crippen LogP contribution is -2.36. The molecule has 4 rings (SSSR count). The van der Waals surface area contributed by atoms with Crippen LogP contribution in [0.15, 0.2) is 48.7 Å². The van der Waals surface area contributed by atoms with Crippen LogP contribution in [-0.4, -0.2) is 35.1 Å². The van der Waals surface area contributed by atoms with Gasteiger partial charge in [-0.1, -0.05) is 18.2 Å². The molecule has 7 nitrogen and oxygen atoms in total. The van der Waals surface area contributed by atoms with Crippen molar-refractivity contribution in [2.45, 2.75) is 37.4 Å². The first kappa shape index (κ1) is 21.7. The van der Waals surface area contributed by atoms with E-state index >= 15 is 0 Å². The summed E-state index contributed by atoms with van der Waals surface area (Å²) in [4.78, 5) is 24.3. The summed E-state index contributed by atoms with van der Waals surface area (Å²) in [6.45, 7) is 0. The van der Waals surface area contributed by atoms with Gasteiger partial charge in [0.05, 0.1) is 30.1 Å². The summed E-state index contributed by atoms with van der Waals surface area (Å²) in [5.41, 5.74) is 1.16. The third-order valence-corrected chi connectivity index (χ3v) is 5.69. The van der Waals surface area contributed by atoms with E-state index in [1.807, 2.05) is 0 Å². The summed E-state index contributed by atoms with van der Waals surface area (Å²) in [5.74, 6) is 0.0873. The molecule has 1 aromatic heterocycles. The van der Waals surface area contributed by atoms with Crippen LogP contribution in [0.25, 0.3) is 10.9 Å². The molecule has 0 unspecified atom stereocenters. The van der Waals surface area contributed by atoms with E-state index in [1.165, 1.54) is 25.4 Å². The second-order valence-electron chi connectivity index (χ2n) is 7.69. The molecular formula is C22H21F3N4O3. The van der Waals surface area contributed by atoms with E-state index < -0.39 is 23.9 Å².